The van der Waals surface area contributed by atoms with Crippen LogP contribution in [0.15, 0.2) is 12.3 Å². The topological polar surface area (TPSA) is 105 Å². The molecule has 1 aromatic rings. The Hall–Kier alpha value is -1.01. The van der Waals surface area contributed by atoms with E-state index >= 15 is 0 Å². The molecule has 0 bridgehead atoms. The molecular formula is C11H21N5O4S2. The molecule has 0 amide bonds. The second-order valence-electron chi connectivity index (χ2n) is 5.46. The average molecular weight is 351 g/mol. The number of aromatic nitrogens is 2. The summed E-state index contributed by atoms with van der Waals surface area (Å²) >= 11 is 0. The van der Waals surface area contributed by atoms with E-state index in [0.717, 1.165) is 11.9 Å². The first-order chi connectivity index (χ1) is 10.1. The molecule has 0 unspecified atom stereocenters. The number of sulfonamides is 1. The molecule has 0 spiro atoms. The van der Waals surface area contributed by atoms with E-state index in [4.69, 9.17) is 0 Å². The van der Waals surface area contributed by atoms with Crippen molar-refractivity contribution in [2.24, 2.45) is 0 Å². The smallest absolute Gasteiger partial charge is 0.264 e. The van der Waals surface area contributed by atoms with Crippen molar-refractivity contribution in [1.29, 1.82) is 0 Å². The average Bonchev–Trinajstić information content (AvgIpc) is 2.85. The largest absolute Gasteiger partial charge is 0.281 e. The standard InChI is InChI=1S/C11H21N5O4S2/c1-14(2)22(19,20)15-8-10-4-6-12-16(10)11(9-15)5-7-13-21(3,17)18/h4,6,11,13H,5,7-9H2,1-3H3/t11-/m1/s1. The number of nitrogens with one attached hydrogen (secondary N) is 1. The van der Waals surface area contributed by atoms with Gasteiger partial charge in [0.1, 0.15) is 0 Å². The Bertz CT molecular complexity index is 725. The van der Waals surface area contributed by atoms with E-state index in [9.17, 15) is 16.8 Å². The molecule has 9 nitrogen and oxygen atoms in total. The molecule has 0 saturated carbocycles. The van der Waals surface area contributed by atoms with Crippen molar-refractivity contribution in [3.8, 4) is 0 Å². The Balaban J connectivity index is 2.16. The lowest BCUT2D eigenvalue weighted by atomic mass is 10.1. The van der Waals surface area contributed by atoms with Gasteiger partial charge in [-0.15, -0.1) is 0 Å². The summed E-state index contributed by atoms with van der Waals surface area (Å²) in [6, 6.07) is 1.57. The van der Waals surface area contributed by atoms with Gasteiger partial charge in [0, 0.05) is 33.4 Å². The van der Waals surface area contributed by atoms with E-state index in [1.807, 2.05) is 0 Å². The zero-order valence-electron chi connectivity index (χ0n) is 12.8. The van der Waals surface area contributed by atoms with E-state index in [2.05, 4.69) is 9.82 Å². The monoisotopic (exact) mass is 351 g/mol. The normalized spacial score (nSPS) is 20.3. The maximum atomic E-state index is 12.3. The highest BCUT2D eigenvalue weighted by Crippen LogP contribution is 2.25. The Morgan fingerprint density at radius 2 is 2.05 bits per heavy atom. The molecule has 0 fully saturated rings. The lowest BCUT2D eigenvalue weighted by molar-refractivity contribution is 0.246. The molecule has 1 aliphatic heterocycles. The van der Waals surface area contributed by atoms with Gasteiger partial charge in [-0.2, -0.15) is 22.1 Å². The molecule has 2 rings (SSSR count). The van der Waals surface area contributed by atoms with Crippen LogP contribution in [-0.4, -0.2) is 68.7 Å². The number of hydrogen-bond donors (Lipinski definition) is 1. The van der Waals surface area contributed by atoms with Crippen LogP contribution >= 0.6 is 0 Å². The summed E-state index contributed by atoms with van der Waals surface area (Å²) in [6.07, 6.45) is 3.18. The SMILES string of the molecule is CN(C)S(=O)(=O)N1Cc2ccnn2[C@H](CCNS(C)(=O)=O)C1. The van der Waals surface area contributed by atoms with Crippen LogP contribution in [0, 0.1) is 0 Å². The molecule has 1 aliphatic rings. The van der Waals surface area contributed by atoms with Crippen LogP contribution in [0.4, 0.5) is 0 Å². The first-order valence-electron chi connectivity index (χ1n) is 6.76. The highest BCUT2D eigenvalue weighted by atomic mass is 32.2. The molecule has 0 aromatic carbocycles. The first kappa shape index (κ1) is 17.3. The fourth-order valence-electron chi connectivity index (χ4n) is 2.38. The Kier molecular flexibility index (Phi) is 4.92. The van der Waals surface area contributed by atoms with Gasteiger partial charge in [-0.3, -0.25) is 4.68 Å². The van der Waals surface area contributed by atoms with Gasteiger partial charge in [0.25, 0.3) is 10.2 Å². The highest BCUT2D eigenvalue weighted by molar-refractivity contribution is 7.88. The summed E-state index contributed by atoms with van der Waals surface area (Å²) in [7, 11) is -3.81. The molecule has 2 heterocycles. The summed E-state index contributed by atoms with van der Waals surface area (Å²) in [6.45, 7) is 0.760. The second kappa shape index (κ2) is 6.24. The highest BCUT2D eigenvalue weighted by Gasteiger charge is 2.33. The number of fused-ring (bicyclic) bond motifs is 1. The Morgan fingerprint density at radius 1 is 1.36 bits per heavy atom. The zero-order chi connectivity index (χ0) is 16.5. The van der Waals surface area contributed by atoms with E-state index in [-0.39, 0.29) is 25.7 Å². The van der Waals surface area contributed by atoms with Crippen LogP contribution in [0.5, 0.6) is 0 Å². The van der Waals surface area contributed by atoms with E-state index < -0.39 is 20.2 Å². The van der Waals surface area contributed by atoms with Crippen LogP contribution in [-0.2, 0) is 26.8 Å². The summed E-state index contributed by atoms with van der Waals surface area (Å²) in [4.78, 5) is 0. The summed E-state index contributed by atoms with van der Waals surface area (Å²) in [5.41, 5.74) is 0.793. The molecule has 126 valence electrons. The predicted octanol–water partition coefficient (Wildman–Crippen LogP) is -1.01. The van der Waals surface area contributed by atoms with Crippen molar-refractivity contribution in [2.75, 3.05) is 33.4 Å². The number of rotatable bonds is 6. The number of nitrogens with zero attached hydrogens (tertiary/aromatic N) is 4. The molecule has 1 aromatic heterocycles. The minimum Gasteiger partial charge on any atom is -0.264 e. The van der Waals surface area contributed by atoms with Gasteiger partial charge in [-0.05, 0) is 12.5 Å². The predicted molar refractivity (Wildman–Crippen MR) is 81.7 cm³/mol. The van der Waals surface area contributed by atoms with Gasteiger partial charge in [0.15, 0.2) is 0 Å². The molecule has 0 aliphatic carbocycles. The van der Waals surface area contributed by atoms with Gasteiger partial charge in [0.2, 0.25) is 10.0 Å². The Morgan fingerprint density at radius 3 is 2.64 bits per heavy atom. The van der Waals surface area contributed by atoms with Crippen LogP contribution in [0.25, 0.3) is 0 Å². The minimum absolute atomic E-state index is 0.206. The van der Waals surface area contributed by atoms with E-state index in [0.29, 0.717) is 6.42 Å². The molecular weight excluding hydrogens is 330 g/mol. The van der Waals surface area contributed by atoms with Crippen LogP contribution < -0.4 is 4.72 Å². The van der Waals surface area contributed by atoms with Crippen molar-refractivity contribution < 1.29 is 16.8 Å². The third-order valence-corrected chi connectivity index (χ3v) is 6.06. The van der Waals surface area contributed by atoms with Gasteiger partial charge >= 0.3 is 0 Å². The second-order valence-corrected chi connectivity index (χ2v) is 9.43. The zero-order valence-corrected chi connectivity index (χ0v) is 14.4. The summed E-state index contributed by atoms with van der Waals surface area (Å²) in [5, 5.41) is 4.22. The molecule has 1 atom stereocenters. The van der Waals surface area contributed by atoms with Crippen LogP contribution in [0.3, 0.4) is 0 Å². The first-order valence-corrected chi connectivity index (χ1v) is 10.0. The van der Waals surface area contributed by atoms with Gasteiger partial charge in [-0.1, -0.05) is 0 Å². The molecule has 22 heavy (non-hydrogen) atoms. The van der Waals surface area contributed by atoms with Crippen molar-refractivity contribution in [3.05, 3.63) is 18.0 Å². The molecule has 0 saturated heterocycles. The van der Waals surface area contributed by atoms with E-state index in [1.54, 1.807) is 16.9 Å². The molecule has 0 radical (unpaired) electrons. The maximum absolute atomic E-state index is 12.3. The van der Waals surface area contributed by atoms with Gasteiger partial charge < -0.3 is 0 Å². The molecule has 1 N–H and O–H groups in total. The van der Waals surface area contributed by atoms with Crippen molar-refractivity contribution in [1.82, 2.24) is 23.1 Å². The van der Waals surface area contributed by atoms with Crippen LogP contribution in [0.2, 0.25) is 0 Å². The minimum atomic E-state index is -3.52. The summed E-state index contributed by atoms with van der Waals surface area (Å²) in [5.74, 6) is 0. The van der Waals surface area contributed by atoms with Crippen molar-refractivity contribution in [2.45, 2.75) is 19.0 Å². The fraction of sp³-hybridized carbons (Fsp3) is 0.727. The van der Waals surface area contributed by atoms with E-state index in [1.165, 1.54) is 22.7 Å². The third-order valence-electron chi connectivity index (χ3n) is 3.48. The van der Waals surface area contributed by atoms with Crippen molar-refractivity contribution in [3.63, 3.8) is 0 Å². The molecule has 11 heteroatoms. The lowest BCUT2D eigenvalue weighted by Gasteiger charge is -2.34. The lowest BCUT2D eigenvalue weighted by Crippen LogP contribution is -2.46. The quantitative estimate of drug-likeness (QED) is 0.707. The van der Waals surface area contributed by atoms with Gasteiger partial charge in [-0.25, -0.2) is 13.1 Å². The fourth-order valence-corrected chi connectivity index (χ4v) is 3.99. The number of hydrogen-bond acceptors (Lipinski definition) is 5. The van der Waals surface area contributed by atoms with Gasteiger partial charge in [0.05, 0.1) is 24.5 Å². The summed E-state index contributed by atoms with van der Waals surface area (Å²) < 4.78 is 53.6. The third kappa shape index (κ3) is 3.84. The van der Waals surface area contributed by atoms with Crippen molar-refractivity contribution >= 4 is 20.2 Å². The maximum Gasteiger partial charge on any atom is 0.281 e. The van der Waals surface area contributed by atoms with Crippen LogP contribution in [0.1, 0.15) is 18.2 Å². The Labute approximate surface area is 131 Å².